The molecule has 0 bridgehead atoms. The van der Waals surface area contributed by atoms with Gasteiger partial charge in [0, 0.05) is 18.1 Å². The predicted octanol–water partition coefficient (Wildman–Crippen LogP) is 2.94. The van der Waals surface area contributed by atoms with Gasteiger partial charge in [-0.25, -0.2) is 4.68 Å². The van der Waals surface area contributed by atoms with Crippen LogP contribution in [0.5, 0.6) is 0 Å². The van der Waals surface area contributed by atoms with Crippen LogP contribution >= 0.6 is 11.6 Å². The molecule has 2 heterocycles. The molecule has 0 aliphatic carbocycles. The fraction of sp³-hybridized carbons (Fsp3) is 0.400. The molecule has 2 aromatic rings. The monoisotopic (exact) mass is 304 g/mol. The van der Waals surface area contributed by atoms with Crippen molar-refractivity contribution in [1.29, 1.82) is 0 Å². The number of amides is 1. The summed E-state index contributed by atoms with van der Waals surface area (Å²) < 4.78 is 1.60. The number of hydrogen-bond donors (Lipinski definition) is 0. The van der Waals surface area contributed by atoms with Crippen molar-refractivity contribution in [3.63, 3.8) is 0 Å². The van der Waals surface area contributed by atoms with Crippen LogP contribution in [-0.4, -0.2) is 38.9 Å². The third-order valence-corrected chi connectivity index (χ3v) is 3.95. The number of benzene rings is 1. The molecule has 0 N–H and O–H groups in total. The summed E-state index contributed by atoms with van der Waals surface area (Å²) in [6.07, 6.45) is 6.20. The number of rotatable bonds is 2. The second kappa shape index (κ2) is 6.26. The quantitative estimate of drug-likeness (QED) is 0.857. The van der Waals surface area contributed by atoms with Crippen LogP contribution < -0.4 is 0 Å². The van der Waals surface area contributed by atoms with E-state index in [0.717, 1.165) is 31.6 Å². The summed E-state index contributed by atoms with van der Waals surface area (Å²) in [7, 11) is 0. The summed E-state index contributed by atoms with van der Waals surface area (Å²) in [4.78, 5) is 14.3. The number of likely N-dealkylation sites (tertiary alicyclic amines) is 1. The number of hydrogen-bond acceptors (Lipinski definition) is 3. The number of aromatic nitrogens is 3. The lowest BCUT2D eigenvalue weighted by Gasteiger charge is -2.18. The zero-order valence-electron chi connectivity index (χ0n) is 11.7. The molecule has 0 radical (unpaired) electrons. The summed E-state index contributed by atoms with van der Waals surface area (Å²) in [6.45, 7) is 1.62. The SMILES string of the molecule is O=C(c1cn(-c2ccc(Cl)cc2)nn1)N1CCCCCC1. The molecule has 0 saturated carbocycles. The zero-order chi connectivity index (χ0) is 14.7. The molecule has 1 aromatic heterocycles. The fourth-order valence-electron chi connectivity index (χ4n) is 2.52. The molecule has 1 amide bonds. The molecular weight excluding hydrogens is 288 g/mol. The van der Waals surface area contributed by atoms with Crippen LogP contribution in [0, 0.1) is 0 Å². The summed E-state index contributed by atoms with van der Waals surface area (Å²) >= 11 is 5.87. The molecule has 0 atom stereocenters. The van der Waals surface area contributed by atoms with E-state index in [4.69, 9.17) is 11.6 Å². The largest absolute Gasteiger partial charge is 0.337 e. The van der Waals surface area contributed by atoms with Gasteiger partial charge in [-0.05, 0) is 37.1 Å². The van der Waals surface area contributed by atoms with Crippen LogP contribution in [0.1, 0.15) is 36.2 Å². The minimum Gasteiger partial charge on any atom is -0.337 e. The van der Waals surface area contributed by atoms with Crippen LogP contribution in [0.25, 0.3) is 5.69 Å². The molecule has 1 aromatic carbocycles. The Bertz CT molecular complexity index is 615. The van der Waals surface area contributed by atoms with Gasteiger partial charge in [-0.15, -0.1) is 5.10 Å². The van der Waals surface area contributed by atoms with Gasteiger partial charge < -0.3 is 4.90 Å². The third kappa shape index (κ3) is 3.24. The van der Waals surface area contributed by atoms with E-state index >= 15 is 0 Å². The molecule has 110 valence electrons. The highest BCUT2D eigenvalue weighted by atomic mass is 35.5. The molecule has 1 aliphatic rings. The van der Waals surface area contributed by atoms with Gasteiger partial charge in [-0.2, -0.15) is 0 Å². The number of nitrogens with zero attached hydrogens (tertiary/aromatic N) is 4. The summed E-state index contributed by atoms with van der Waals surface area (Å²) in [5.74, 6) is -0.0305. The number of carbonyl (C=O) groups is 1. The number of halogens is 1. The smallest absolute Gasteiger partial charge is 0.276 e. The lowest BCUT2D eigenvalue weighted by atomic mass is 10.2. The van der Waals surface area contributed by atoms with E-state index < -0.39 is 0 Å². The van der Waals surface area contributed by atoms with E-state index in [2.05, 4.69) is 10.3 Å². The van der Waals surface area contributed by atoms with Gasteiger partial charge in [0.2, 0.25) is 0 Å². The minimum absolute atomic E-state index is 0.0305. The Labute approximate surface area is 128 Å². The predicted molar refractivity (Wildman–Crippen MR) is 80.7 cm³/mol. The molecule has 0 spiro atoms. The highest BCUT2D eigenvalue weighted by molar-refractivity contribution is 6.30. The van der Waals surface area contributed by atoms with Gasteiger partial charge in [0.25, 0.3) is 5.91 Å². The van der Waals surface area contributed by atoms with E-state index in [1.54, 1.807) is 23.0 Å². The molecule has 1 aliphatic heterocycles. The highest BCUT2D eigenvalue weighted by Gasteiger charge is 2.20. The summed E-state index contributed by atoms with van der Waals surface area (Å²) in [6, 6.07) is 7.26. The Morgan fingerprint density at radius 2 is 1.71 bits per heavy atom. The topological polar surface area (TPSA) is 51.0 Å². The van der Waals surface area contributed by atoms with Crippen molar-refractivity contribution in [3.8, 4) is 5.69 Å². The summed E-state index contributed by atoms with van der Waals surface area (Å²) in [5, 5.41) is 8.71. The van der Waals surface area contributed by atoms with Crippen molar-refractivity contribution >= 4 is 17.5 Å². The van der Waals surface area contributed by atoms with E-state index in [9.17, 15) is 4.79 Å². The maximum Gasteiger partial charge on any atom is 0.276 e. The molecule has 1 fully saturated rings. The highest BCUT2D eigenvalue weighted by Crippen LogP contribution is 2.15. The Morgan fingerprint density at radius 3 is 2.38 bits per heavy atom. The first-order valence-electron chi connectivity index (χ1n) is 7.21. The van der Waals surface area contributed by atoms with E-state index in [0.29, 0.717) is 10.7 Å². The lowest BCUT2D eigenvalue weighted by molar-refractivity contribution is 0.0755. The van der Waals surface area contributed by atoms with Crippen molar-refractivity contribution in [3.05, 3.63) is 41.2 Å². The molecule has 1 saturated heterocycles. The maximum atomic E-state index is 12.4. The normalized spacial score (nSPS) is 15.8. The van der Waals surface area contributed by atoms with Crippen molar-refractivity contribution < 1.29 is 4.79 Å². The first-order chi connectivity index (χ1) is 10.2. The average Bonchev–Trinajstić information content (AvgIpc) is 2.83. The minimum atomic E-state index is -0.0305. The van der Waals surface area contributed by atoms with Gasteiger partial charge in [0.05, 0.1) is 11.9 Å². The molecule has 21 heavy (non-hydrogen) atoms. The Balaban J connectivity index is 1.77. The van der Waals surface area contributed by atoms with Crippen LogP contribution in [0.3, 0.4) is 0 Å². The first-order valence-corrected chi connectivity index (χ1v) is 7.59. The van der Waals surface area contributed by atoms with E-state index in [-0.39, 0.29) is 5.91 Å². The Hall–Kier alpha value is -1.88. The number of carbonyl (C=O) groups excluding carboxylic acids is 1. The van der Waals surface area contributed by atoms with E-state index in [1.165, 1.54) is 12.8 Å². The van der Waals surface area contributed by atoms with Crippen LogP contribution in [-0.2, 0) is 0 Å². The van der Waals surface area contributed by atoms with Crippen molar-refractivity contribution in [2.24, 2.45) is 0 Å². The van der Waals surface area contributed by atoms with Gasteiger partial charge in [0.15, 0.2) is 5.69 Å². The van der Waals surface area contributed by atoms with E-state index in [1.807, 2.05) is 17.0 Å². The van der Waals surface area contributed by atoms with Gasteiger partial charge in [-0.1, -0.05) is 29.7 Å². The average molecular weight is 305 g/mol. The molecular formula is C15H17ClN4O. The molecule has 6 heteroatoms. The standard InChI is InChI=1S/C15H17ClN4O/c16-12-5-7-13(8-6-12)20-11-14(17-18-20)15(21)19-9-3-1-2-4-10-19/h5-8,11H,1-4,9-10H2. The van der Waals surface area contributed by atoms with Crippen LogP contribution in [0.15, 0.2) is 30.5 Å². The fourth-order valence-corrected chi connectivity index (χ4v) is 2.64. The Kier molecular flexibility index (Phi) is 4.20. The third-order valence-electron chi connectivity index (χ3n) is 3.70. The van der Waals surface area contributed by atoms with Crippen molar-refractivity contribution in [1.82, 2.24) is 19.9 Å². The first kappa shape index (κ1) is 14.1. The van der Waals surface area contributed by atoms with Gasteiger partial charge in [-0.3, -0.25) is 4.79 Å². The zero-order valence-corrected chi connectivity index (χ0v) is 12.5. The Morgan fingerprint density at radius 1 is 1.05 bits per heavy atom. The van der Waals surface area contributed by atoms with Crippen LogP contribution in [0.2, 0.25) is 5.02 Å². The summed E-state index contributed by atoms with van der Waals surface area (Å²) in [5.41, 5.74) is 1.23. The molecule has 0 unspecified atom stereocenters. The van der Waals surface area contributed by atoms with Crippen molar-refractivity contribution in [2.45, 2.75) is 25.7 Å². The lowest BCUT2D eigenvalue weighted by Crippen LogP contribution is -2.32. The van der Waals surface area contributed by atoms with Crippen molar-refractivity contribution in [2.75, 3.05) is 13.1 Å². The second-order valence-corrected chi connectivity index (χ2v) is 5.67. The van der Waals surface area contributed by atoms with Crippen LogP contribution in [0.4, 0.5) is 0 Å². The molecule has 5 nitrogen and oxygen atoms in total. The molecule has 3 rings (SSSR count). The van der Waals surface area contributed by atoms with Gasteiger partial charge in [0.1, 0.15) is 0 Å². The van der Waals surface area contributed by atoms with Gasteiger partial charge >= 0.3 is 0 Å². The maximum absolute atomic E-state index is 12.4. The second-order valence-electron chi connectivity index (χ2n) is 5.23.